The topological polar surface area (TPSA) is 353 Å². The Hall–Kier alpha value is -6.25. The van der Waals surface area contributed by atoms with Crippen LogP contribution in [0.4, 0.5) is 56.0 Å². The van der Waals surface area contributed by atoms with Gasteiger partial charge in [0.05, 0.1) is 69.2 Å². The van der Waals surface area contributed by atoms with Crippen molar-refractivity contribution in [1.29, 1.82) is 0 Å². The highest BCUT2D eigenvalue weighted by Crippen LogP contribution is 2.42. The van der Waals surface area contributed by atoms with Crippen LogP contribution in [0.1, 0.15) is 27.7 Å². The Morgan fingerprint density at radius 2 is 1.17 bits per heavy atom. The summed E-state index contributed by atoms with van der Waals surface area (Å²) in [5, 5.41) is 17.1. The highest BCUT2D eigenvalue weighted by Gasteiger charge is 2.21. The molecule has 0 saturated carbocycles. The summed E-state index contributed by atoms with van der Waals surface area (Å²) in [6, 6.07) is 15.1. The number of anilines is 8. The molecule has 0 saturated heterocycles. The van der Waals surface area contributed by atoms with Crippen LogP contribution in [0, 0.1) is 0 Å². The van der Waals surface area contributed by atoms with E-state index in [0.717, 1.165) is 46.2 Å². The number of nitrogens with two attached hydrogens (primary N) is 2. The van der Waals surface area contributed by atoms with E-state index in [1.54, 1.807) is 25.3 Å². The number of fused-ring (bicyclic) bond motifs is 2. The van der Waals surface area contributed by atoms with Crippen molar-refractivity contribution in [3.8, 4) is 11.5 Å². The fourth-order valence-electron chi connectivity index (χ4n) is 6.73. The molecule has 0 unspecified atom stereocenters. The molecule has 71 heavy (non-hydrogen) atoms. The fourth-order valence-corrected chi connectivity index (χ4v) is 10.7. The molecule has 3 heterocycles. The van der Waals surface area contributed by atoms with E-state index in [-0.39, 0.29) is 43.3 Å². The van der Waals surface area contributed by atoms with Crippen molar-refractivity contribution in [2.24, 2.45) is 10.2 Å². The van der Waals surface area contributed by atoms with Gasteiger partial charge in [0, 0.05) is 54.8 Å². The molecule has 7 rings (SSSR count). The molecule has 0 aliphatic carbocycles. The third kappa shape index (κ3) is 13.6. The predicted octanol–water partition coefficient (Wildman–Crippen LogP) is 8.03. The Labute approximate surface area is 421 Å². The van der Waals surface area contributed by atoms with Crippen molar-refractivity contribution in [2.45, 2.75) is 42.6 Å². The van der Waals surface area contributed by atoms with Gasteiger partial charge in [0.15, 0.2) is 10.2 Å². The summed E-state index contributed by atoms with van der Waals surface area (Å²) < 4.78 is 116. The van der Waals surface area contributed by atoms with E-state index < -0.39 is 36.1 Å². The van der Waals surface area contributed by atoms with E-state index >= 15 is 0 Å². The molecule has 7 aromatic rings. The van der Waals surface area contributed by atoms with Crippen LogP contribution < -0.4 is 41.4 Å². The van der Waals surface area contributed by atoms with Gasteiger partial charge in [0.1, 0.15) is 22.2 Å². The monoisotopic (exact) mass is 1090 g/mol. The minimum Gasteiger partial charge on any atom is -0.495 e. The second-order valence-corrected chi connectivity index (χ2v) is 21.7. The lowest BCUT2D eigenvalue weighted by atomic mass is 10.2. The number of nitrogen functional groups attached to an aromatic ring is 2. The van der Waals surface area contributed by atoms with Gasteiger partial charge in [-0.25, -0.2) is 0 Å². The summed E-state index contributed by atoms with van der Waals surface area (Å²) in [7, 11) is -9.83. The number of rotatable bonds is 20. The number of hydrogen-bond donors (Lipinski definition) is 7. The SMILES string of the molecule is CCN(CC)c1cc(Nc2nc(Nc3cc(N(CC)CC)c(OC)cc3N=Nc3snc4ccc(S(=O)(=O)O)cc34)nc(SCCS(=O)(=O)O)n2)c(N)cc1OC.Nc1snc2ccc(S(=O)(=O)O)cc12. The normalized spacial score (nSPS) is 12.0. The lowest BCUT2D eigenvalue weighted by Crippen LogP contribution is -2.22. The van der Waals surface area contributed by atoms with E-state index in [1.807, 2.05) is 33.8 Å². The number of methoxy groups -OCH3 is 2. The van der Waals surface area contributed by atoms with Crippen LogP contribution in [0.5, 0.6) is 11.5 Å². The van der Waals surface area contributed by atoms with Gasteiger partial charge in [-0.05, 0) is 99.3 Å². The van der Waals surface area contributed by atoms with Crippen molar-refractivity contribution in [2.75, 3.05) is 83.8 Å². The molecule has 0 atom stereocenters. The van der Waals surface area contributed by atoms with Gasteiger partial charge in [0.2, 0.25) is 11.9 Å². The molecule has 4 aromatic carbocycles. The number of hydrogen-bond acceptors (Lipinski definition) is 24. The van der Waals surface area contributed by atoms with Crippen LogP contribution in [-0.4, -0.2) is 115 Å². The summed E-state index contributed by atoms with van der Waals surface area (Å²) in [4.78, 5) is 17.4. The van der Waals surface area contributed by atoms with Crippen LogP contribution >= 0.6 is 34.8 Å². The first-order valence-corrected chi connectivity index (χ1v) is 28.1. The molecule has 3 aromatic heterocycles. The summed E-state index contributed by atoms with van der Waals surface area (Å²) in [5.41, 5.74) is 16.1. The molecule has 24 nitrogen and oxygen atoms in total. The minimum absolute atomic E-state index is 0.0334. The maximum absolute atomic E-state index is 11.9. The summed E-state index contributed by atoms with van der Waals surface area (Å²) in [6.45, 7) is 10.7. The average molecular weight is 1090 g/mol. The Morgan fingerprint density at radius 3 is 1.70 bits per heavy atom. The third-order valence-electron chi connectivity index (χ3n) is 10.3. The lowest BCUT2D eigenvalue weighted by molar-refractivity contribution is 0.414. The molecule has 0 amide bonds. The number of ether oxygens (including phenoxy) is 2. The second-order valence-electron chi connectivity index (χ2n) is 14.7. The van der Waals surface area contributed by atoms with Gasteiger partial charge in [-0.1, -0.05) is 11.8 Å². The van der Waals surface area contributed by atoms with Crippen molar-refractivity contribution < 1.29 is 48.4 Å². The lowest BCUT2D eigenvalue weighted by Gasteiger charge is -2.25. The van der Waals surface area contributed by atoms with Gasteiger partial charge >= 0.3 is 0 Å². The van der Waals surface area contributed by atoms with Gasteiger partial charge < -0.3 is 41.4 Å². The highest BCUT2D eigenvalue weighted by molar-refractivity contribution is 8.00. The van der Waals surface area contributed by atoms with Crippen LogP contribution in [0.25, 0.3) is 21.8 Å². The predicted molar refractivity (Wildman–Crippen MR) is 279 cm³/mol. The quantitative estimate of drug-likeness (QED) is 0.0164. The Balaban J connectivity index is 0.000000502. The average Bonchev–Trinajstić information content (AvgIpc) is 3.91. The maximum Gasteiger partial charge on any atom is 0.294 e. The maximum atomic E-state index is 11.9. The molecule has 0 aliphatic rings. The molecule has 9 N–H and O–H groups in total. The van der Waals surface area contributed by atoms with E-state index in [4.69, 9.17) is 25.5 Å². The first-order chi connectivity index (χ1) is 33.6. The van der Waals surface area contributed by atoms with Gasteiger partial charge in [-0.2, -0.15) is 49.0 Å². The standard InChI is InChI=1S/C34H43N11O8S4.C7H6N2O3S2/c1-7-44(8-2)27-17-24(22(35)16-29(27)52-5)36-32-38-33(40-34(39-32)54-13-14-56(46,47)48)37-25-18-28(45(9-3)10-4)30(53-6)19-26(25)41-42-31-21-15-20(57(49,50)51)11-12-23(21)43-55-31;8-7-5-3-4(14(10,11)12)1-2-6(5)9-13-7/h11-12,15-19H,7-10,13-14,35H2,1-6H3,(H,46,47,48)(H,49,50,51)(H2,36,37,38,39,40);1-3H,8H2,(H,10,11,12). The number of nitrogens with zero attached hydrogens (tertiary/aromatic N) is 9. The Kier molecular flexibility index (Phi) is 17.4. The summed E-state index contributed by atoms with van der Waals surface area (Å²) >= 11 is 3.06. The van der Waals surface area contributed by atoms with Crippen LogP contribution in [0.3, 0.4) is 0 Å². The molecule has 380 valence electrons. The zero-order chi connectivity index (χ0) is 51.8. The number of benzene rings is 4. The Bertz CT molecular complexity index is 3420. The van der Waals surface area contributed by atoms with Crippen LogP contribution in [0.2, 0.25) is 0 Å². The first-order valence-electron chi connectivity index (χ1n) is 21.1. The van der Waals surface area contributed by atoms with E-state index in [9.17, 15) is 34.4 Å². The molecular weight excluding hydrogens is 1040 g/mol. The van der Waals surface area contributed by atoms with Gasteiger partial charge in [0.25, 0.3) is 30.4 Å². The van der Waals surface area contributed by atoms with Crippen molar-refractivity contribution >= 4 is 143 Å². The Morgan fingerprint density at radius 1 is 0.662 bits per heavy atom. The summed E-state index contributed by atoms with van der Waals surface area (Å²) in [6.07, 6.45) is 0. The van der Waals surface area contributed by atoms with E-state index in [0.29, 0.717) is 81.5 Å². The first kappa shape index (κ1) is 54.1. The van der Waals surface area contributed by atoms with Gasteiger partial charge in [-0.15, -0.1) is 10.2 Å². The van der Waals surface area contributed by atoms with Crippen LogP contribution in [0.15, 0.2) is 85.8 Å². The van der Waals surface area contributed by atoms with Crippen molar-refractivity contribution in [1.82, 2.24) is 23.7 Å². The molecule has 0 radical (unpaired) electrons. The zero-order valence-corrected chi connectivity index (χ0v) is 43.7. The number of azo groups is 1. The molecule has 0 aliphatic heterocycles. The number of thioether (sulfide) groups is 1. The van der Waals surface area contributed by atoms with Crippen molar-refractivity contribution in [3.05, 3.63) is 60.7 Å². The minimum atomic E-state index is -4.49. The summed E-state index contributed by atoms with van der Waals surface area (Å²) in [5.74, 6) is 0.564. The van der Waals surface area contributed by atoms with Crippen LogP contribution in [-0.2, 0) is 30.4 Å². The molecule has 0 bridgehead atoms. The molecule has 0 fully saturated rings. The third-order valence-corrected chi connectivity index (χ3v) is 15.3. The van der Waals surface area contributed by atoms with E-state index in [2.05, 4.69) is 54.4 Å². The van der Waals surface area contributed by atoms with E-state index in [1.165, 1.54) is 43.5 Å². The smallest absolute Gasteiger partial charge is 0.294 e. The van der Waals surface area contributed by atoms with Crippen molar-refractivity contribution in [3.63, 3.8) is 0 Å². The molecule has 30 heteroatoms. The number of aromatic nitrogens is 5. The molecule has 0 spiro atoms. The highest BCUT2D eigenvalue weighted by atomic mass is 32.2. The fraction of sp³-hybridized carbons (Fsp3) is 0.293. The zero-order valence-electron chi connectivity index (χ0n) is 38.8. The molecular formula is C41H49N13O11S6. The van der Waals surface area contributed by atoms with Gasteiger partial charge in [-0.3, -0.25) is 13.7 Å². The second kappa shape index (κ2) is 22.9. The largest absolute Gasteiger partial charge is 0.495 e. The number of nitrogens with one attached hydrogen (secondary N) is 2.